The van der Waals surface area contributed by atoms with E-state index in [2.05, 4.69) is 4.74 Å². The molecule has 0 rings (SSSR count). The van der Waals surface area contributed by atoms with Gasteiger partial charge < -0.3 is 13.8 Å². The van der Waals surface area contributed by atoms with E-state index in [1.165, 1.54) is 0 Å². The van der Waals surface area contributed by atoms with Crippen molar-refractivity contribution in [3.05, 3.63) is 11.9 Å². The third-order valence-electron chi connectivity index (χ3n) is 1.62. The number of allylic oxidation sites excluding steroid dienone is 1. The molecule has 0 aromatic heterocycles. The van der Waals surface area contributed by atoms with Crippen molar-refractivity contribution >= 4 is 13.6 Å². The standard InChI is InChI=1S/C10H18FO5P/c1-4-14-10(12)9(11)7-8-17(13,15-5-2)16-6-3/h7H,4-6,8H2,1-3H3. The molecular weight excluding hydrogens is 250 g/mol. The first-order chi connectivity index (χ1) is 7.99. The van der Waals surface area contributed by atoms with Crippen LogP contribution in [0.15, 0.2) is 11.9 Å². The number of esters is 1. The van der Waals surface area contributed by atoms with Gasteiger partial charge in [0.1, 0.15) is 0 Å². The average molecular weight is 268 g/mol. The van der Waals surface area contributed by atoms with Gasteiger partial charge in [-0.3, -0.25) is 4.57 Å². The van der Waals surface area contributed by atoms with Crippen molar-refractivity contribution in [3.63, 3.8) is 0 Å². The minimum Gasteiger partial charge on any atom is -0.461 e. The van der Waals surface area contributed by atoms with Crippen molar-refractivity contribution in [3.8, 4) is 0 Å². The molecule has 0 atom stereocenters. The first-order valence-electron chi connectivity index (χ1n) is 5.40. The van der Waals surface area contributed by atoms with Gasteiger partial charge in [0.25, 0.3) is 0 Å². The zero-order valence-corrected chi connectivity index (χ0v) is 11.2. The molecule has 0 radical (unpaired) electrons. The van der Waals surface area contributed by atoms with Crippen LogP contribution in [0.5, 0.6) is 0 Å². The molecule has 100 valence electrons. The zero-order valence-electron chi connectivity index (χ0n) is 10.3. The van der Waals surface area contributed by atoms with Crippen molar-refractivity contribution in [2.24, 2.45) is 0 Å². The second kappa shape index (κ2) is 8.39. The molecule has 0 spiro atoms. The Hall–Kier alpha value is -0.710. The highest BCUT2D eigenvalue weighted by atomic mass is 31.2. The highest BCUT2D eigenvalue weighted by molar-refractivity contribution is 7.54. The summed E-state index contributed by atoms with van der Waals surface area (Å²) in [5.41, 5.74) is 0. The number of halogens is 1. The lowest BCUT2D eigenvalue weighted by atomic mass is 10.5. The Labute approximate surface area is 100 Å². The van der Waals surface area contributed by atoms with Crippen molar-refractivity contribution in [1.29, 1.82) is 0 Å². The summed E-state index contributed by atoms with van der Waals surface area (Å²) in [6.07, 6.45) is 0.573. The summed E-state index contributed by atoms with van der Waals surface area (Å²) in [4.78, 5) is 10.9. The number of carbonyl (C=O) groups excluding carboxylic acids is 1. The van der Waals surface area contributed by atoms with Crippen LogP contribution in [-0.4, -0.2) is 32.0 Å². The lowest BCUT2D eigenvalue weighted by Crippen LogP contribution is -2.06. The Bertz CT molecular complexity index is 306. The van der Waals surface area contributed by atoms with E-state index in [-0.39, 0.29) is 26.0 Å². The van der Waals surface area contributed by atoms with Gasteiger partial charge in [-0.15, -0.1) is 0 Å². The fourth-order valence-corrected chi connectivity index (χ4v) is 2.47. The smallest absolute Gasteiger partial charge is 0.366 e. The van der Waals surface area contributed by atoms with Gasteiger partial charge in [0.15, 0.2) is 0 Å². The van der Waals surface area contributed by atoms with Gasteiger partial charge in [-0.2, -0.15) is 4.39 Å². The molecule has 0 saturated heterocycles. The monoisotopic (exact) mass is 268 g/mol. The van der Waals surface area contributed by atoms with Gasteiger partial charge in [0.05, 0.1) is 26.0 Å². The third kappa shape index (κ3) is 6.56. The Morgan fingerprint density at radius 3 is 2.12 bits per heavy atom. The molecule has 0 fully saturated rings. The largest absolute Gasteiger partial charge is 0.461 e. The molecule has 0 bridgehead atoms. The molecule has 0 saturated carbocycles. The number of ether oxygens (including phenoxy) is 1. The lowest BCUT2D eigenvalue weighted by Gasteiger charge is -2.14. The van der Waals surface area contributed by atoms with E-state index in [1.807, 2.05) is 0 Å². The van der Waals surface area contributed by atoms with Crippen LogP contribution in [0.25, 0.3) is 0 Å². The number of hydrogen-bond acceptors (Lipinski definition) is 5. The summed E-state index contributed by atoms with van der Waals surface area (Å²) in [7, 11) is -3.36. The Kier molecular flexibility index (Phi) is 8.04. The maximum atomic E-state index is 13.1. The molecule has 0 N–H and O–H groups in total. The van der Waals surface area contributed by atoms with Gasteiger partial charge in [0, 0.05) is 0 Å². The van der Waals surface area contributed by atoms with Crippen LogP contribution < -0.4 is 0 Å². The summed E-state index contributed by atoms with van der Waals surface area (Å²) in [5.74, 6) is -2.17. The highest BCUT2D eigenvalue weighted by Crippen LogP contribution is 2.48. The number of carbonyl (C=O) groups is 1. The molecular formula is C10H18FO5P. The summed E-state index contributed by atoms with van der Waals surface area (Å²) < 4.78 is 39.3. The van der Waals surface area contributed by atoms with Crippen molar-refractivity contribution < 1.29 is 27.5 Å². The van der Waals surface area contributed by atoms with E-state index >= 15 is 0 Å². The van der Waals surface area contributed by atoms with E-state index in [0.717, 1.165) is 6.08 Å². The fourth-order valence-electron chi connectivity index (χ4n) is 1.01. The first-order valence-corrected chi connectivity index (χ1v) is 7.12. The first kappa shape index (κ1) is 16.3. The van der Waals surface area contributed by atoms with Crippen LogP contribution in [0.2, 0.25) is 0 Å². The minimum atomic E-state index is -3.36. The SMILES string of the molecule is CCOC(=O)C(F)=CCP(=O)(OCC)OCC. The topological polar surface area (TPSA) is 61.8 Å². The third-order valence-corrected chi connectivity index (χ3v) is 3.55. The molecule has 0 aliphatic heterocycles. The number of rotatable bonds is 8. The summed E-state index contributed by atoms with van der Waals surface area (Å²) >= 11 is 0. The van der Waals surface area contributed by atoms with Crippen molar-refractivity contribution in [2.45, 2.75) is 20.8 Å². The second-order valence-electron chi connectivity index (χ2n) is 2.90. The van der Waals surface area contributed by atoms with Crippen molar-refractivity contribution in [2.75, 3.05) is 26.0 Å². The highest BCUT2D eigenvalue weighted by Gasteiger charge is 2.23. The van der Waals surface area contributed by atoms with E-state index in [9.17, 15) is 13.8 Å². The summed E-state index contributed by atoms with van der Waals surface area (Å²) in [5, 5.41) is 0. The molecule has 17 heavy (non-hydrogen) atoms. The molecule has 0 aromatic carbocycles. The van der Waals surface area contributed by atoms with Gasteiger partial charge in [-0.05, 0) is 26.8 Å². The molecule has 0 aliphatic carbocycles. The molecule has 7 heteroatoms. The quantitative estimate of drug-likeness (QED) is 0.385. The predicted octanol–water partition coefficient (Wildman–Crippen LogP) is 2.67. The number of hydrogen-bond donors (Lipinski definition) is 0. The van der Waals surface area contributed by atoms with Crippen LogP contribution in [0.3, 0.4) is 0 Å². The Morgan fingerprint density at radius 1 is 1.18 bits per heavy atom. The van der Waals surface area contributed by atoms with Gasteiger partial charge in [-0.1, -0.05) is 0 Å². The minimum absolute atomic E-state index is 0.0780. The van der Waals surface area contributed by atoms with E-state index in [0.29, 0.717) is 0 Å². The van der Waals surface area contributed by atoms with Crippen LogP contribution in [0.4, 0.5) is 4.39 Å². The van der Waals surface area contributed by atoms with Crippen LogP contribution in [-0.2, 0) is 23.1 Å². The Morgan fingerprint density at radius 2 is 1.71 bits per heavy atom. The molecule has 0 aliphatic rings. The molecule has 0 heterocycles. The molecule has 5 nitrogen and oxygen atoms in total. The van der Waals surface area contributed by atoms with E-state index < -0.39 is 19.4 Å². The van der Waals surface area contributed by atoms with Crippen molar-refractivity contribution in [1.82, 2.24) is 0 Å². The summed E-state index contributed by atoms with van der Waals surface area (Å²) in [6, 6.07) is 0. The van der Waals surface area contributed by atoms with E-state index in [1.54, 1.807) is 20.8 Å². The fraction of sp³-hybridized carbons (Fsp3) is 0.700. The maximum absolute atomic E-state index is 13.1. The summed E-state index contributed by atoms with van der Waals surface area (Å²) in [6.45, 7) is 5.32. The van der Waals surface area contributed by atoms with Gasteiger partial charge >= 0.3 is 13.6 Å². The average Bonchev–Trinajstić information content (AvgIpc) is 2.27. The zero-order chi connectivity index (χ0) is 13.3. The van der Waals surface area contributed by atoms with Crippen LogP contribution in [0, 0.1) is 0 Å². The van der Waals surface area contributed by atoms with Gasteiger partial charge in [-0.25, -0.2) is 4.79 Å². The maximum Gasteiger partial charge on any atom is 0.366 e. The van der Waals surface area contributed by atoms with Crippen LogP contribution in [0.1, 0.15) is 20.8 Å². The lowest BCUT2D eigenvalue weighted by molar-refractivity contribution is -0.140. The van der Waals surface area contributed by atoms with Crippen LogP contribution >= 0.6 is 7.60 Å². The normalized spacial score (nSPS) is 12.6. The second-order valence-corrected chi connectivity index (χ2v) is 5.00. The predicted molar refractivity (Wildman–Crippen MR) is 61.5 cm³/mol. The molecule has 0 aromatic rings. The molecule has 0 unspecified atom stereocenters. The Balaban J connectivity index is 4.52. The van der Waals surface area contributed by atoms with Gasteiger partial charge in [0.2, 0.25) is 5.83 Å². The van der Waals surface area contributed by atoms with E-state index in [4.69, 9.17) is 9.05 Å². The molecule has 0 amide bonds.